The molecule has 0 unspecified atom stereocenters. The van der Waals surface area contributed by atoms with E-state index in [9.17, 15) is 9.90 Å². The maximum Gasteiger partial charge on any atom is 0.265 e. The van der Waals surface area contributed by atoms with Crippen molar-refractivity contribution in [3.8, 4) is 0 Å². The van der Waals surface area contributed by atoms with Crippen molar-refractivity contribution in [3.63, 3.8) is 0 Å². The Morgan fingerprint density at radius 3 is 2.65 bits per heavy atom. The summed E-state index contributed by atoms with van der Waals surface area (Å²) in [6.07, 6.45) is 0. The molecule has 0 saturated carbocycles. The molecule has 100 valence electrons. The van der Waals surface area contributed by atoms with Crippen molar-refractivity contribution in [3.05, 3.63) is 65.0 Å². The Morgan fingerprint density at radius 1 is 1.10 bits per heavy atom. The summed E-state index contributed by atoms with van der Waals surface area (Å²) in [5.74, 6) is -0.146. The van der Waals surface area contributed by atoms with Crippen LogP contribution in [0.25, 0.3) is 10.1 Å². The Kier molecular flexibility index (Phi) is 3.50. The van der Waals surface area contributed by atoms with Gasteiger partial charge in [-0.15, -0.1) is 11.3 Å². The van der Waals surface area contributed by atoms with E-state index in [1.807, 2.05) is 42.5 Å². The molecule has 3 rings (SSSR count). The van der Waals surface area contributed by atoms with Gasteiger partial charge >= 0.3 is 0 Å². The number of aliphatic hydroxyl groups excluding tert-OH is 1. The molecule has 3 aromatic rings. The van der Waals surface area contributed by atoms with Gasteiger partial charge in [0.2, 0.25) is 0 Å². The molecule has 0 aliphatic carbocycles. The normalized spacial score (nSPS) is 10.7. The Bertz CT molecular complexity index is 731. The summed E-state index contributed by atoms with van der Waals surface area (Å²) in [5, 5.41) is 13.2. The minimum absolute atomic E-state index is 0.0944. The zero-order valence-electron chi connectivity index (χ0n) is 10.7. The molecular formula is C16H13NO2S. The van der Waals surface area contributed by atoms with Gasteiger partial charge in [0.05, 0.1) is 11.5 Å². The highest BCUT2D eigenvalue weighted by Gasteiger charge is 2.11. The molecule has 0 aliphatic heterocycles. The second kappa shape index (κ2) is 5.45. The fourth-order valence-corrected chi connectivity index (χ4v) is 3.02. The first-order chi connectivity index (χ1) is 9.78. The average Bonchev–Trinajstić information content (AvgIpc) is 2.92. The minimum atomic E-state index is -0.146. The van der Waals surface area contributed by atoms with E-state index in [1.54, 1.807) is 12.1 Å². The molecule has 0 aliphatic rings. The Balaban J connectivity index is 1.89. The Hall–Kier alpha value is -2.17. The molecule has 1 aromatic heterocycles. The lowest BCUT2D eigenvalue weighted by molar-refractivity contribution is 0.103. The van der Waals surface area contributed by atoms with Crippen LogP contribution in [-0.2, 0) is 6.61 Å². The number of fused-ring (bicyclic) bond motifs is 1. The van der Waals surface area contributed by atoms with Crippen LogP contribution in [0.4, 0.5) is 5.69 Å². The molecule has 1 amide bonds. The zero-order chi connectivity index (χ0) is 13.9. The van der Waals surface area contributed by atoms with Gasteiger partial charge in [-0.05, 0) is 23.6 Å². The van der Waals surface area contributed by atoms with Gasteiger partial charge in [-0.3, -0.25) is 4.79 Å². The van der Waals surface area contributed by atoms with Crippen molar-refractivity contribution in [2.45, 2.75) is 6.61 Å². The third-order valence-electron chi connectivity index (χ3n) is 3.09. The van der Waals surface area contributed by atoms with Gasteiger partial charge in [-0.2, -0.15) is 0 Å². The second-order valence-corrected chi connectivity index (χ2v) is 5.50. The van der Waals surface area contributed by atoms with E-state index in [2.05, 4.69) is 5.32 Å². The van der Waals surface area contributed by atoms with Gasteiger partial charge in [-0.25, -0.2) is 0 Å². The van der Waals surface area contributed by atoms with E-state index in [0.29, 0.717) is 16.1 Å². The molecule has 0 atom stereocenters. The van der Waals surface area contributed by atoms with E-state index >= 15 is 0 Å². The van der Waals surface area contributed by atoms with Crippen LogP contribution >= 0.6 is 11.3 Å². The predicted molar refractivity (Wildman–Crippen MR) is 82.1 cm³/mol. The standard InChI is InChI=1S/C16H13NO2S/c18-10-12-6-1-3-7-13(12)17-16(19)15-9-11-5-2-4-8-14(11)20-15/h1-9,18H,10H2,(H,17,19). The second-order valence-electron chi connectivity index (χ2n) is 4.42. The summed E-state index contributed by atoms with van der Waals surface area (Å²) in [7, 11) is 0. The molecule has 2 aromatic carbocycles. The third-order valence-corrected chi connectivity index (χ3v) is 4.20. The molecule has 0 bridgehead atoms. The first kappa shape index (κ1) is 12.8. The van der Waals surface area contributed by atoms with Gasteiger partial charge in [0.25, 0.3) is 5.91 Å². The number of hydrogen-bond acceptors (Lipinski definition) is 3. The molecule has 0 spiro atoms. The minimum Gasteiger partial charge on any atom is -0.392 e. The van der Waals surface area contributed by atoms with Gasteiger partial charge < -0.3 is 10.4 Å². The fraction of sp³-hybridized carbons (Fsp3) is 0.0625. The summed E-state index contributed by atoms with van der Waals surface area (Å²) < 4.78 is 1.09. The number of nitrogens with one attached hydrogen (secondary N) is 1. The van der Waals surface area contributed by atoms with Crippen LogP contribution in [0.15, 0.2) is 54.6 Å². The molecule has 1 heterocycles. The van der Waals surface area contributed by atoms with Gasteiger partial charge in [-0.1, -0.05) is 36.4 Å². The number of rotatable bonds is 3. The van der Waals surface area contributed by atoms with Crippen LogP contribution in [0.2, 0.25) is 0 Å². The molecule has 4 heteroatoms. The first-order valence-electron chi connectivity index (χ1n) is 6.26. The van der Waals surface area contributed by atoms with Crippen LogP contribution in [0.5, 0.6) is 0 Å². The van der Waals surface area contributed by atoms with Crippen molar-refractivity contribution in [1.29, 1.82) is 0 Å². The number of amides is 1. The molecular weight excluding hydrogens is 270 g/mol. The first-order valence-corrected chi connectivity index (χ1v) is 7.08. The highest BCUT2D eigenvalue weighted by molar-refractivity contribution is 7.20. The van der Waals surface area contributed by atoms with Gasteiger partial charge in [0, 0.05) is 16.0 Å². The summed E-state index contributed by atoms with van der Waals surface area (Å²) in [6, 6.07) is 17.0. The third kappa shape index (κ3) is 2.43. The lowest BCUT2D eigenvalue weighted by atomic mass is 10.2. The predicted octanol–water partition coefficient (Wildman–Crippen LogP) is 3.65. The van der Waals surface area contributed by atoms with Crippen LogP contribution < -0.4 is 5.32 Å². The molecule has 0 fully saturated rings. The number of hydrogen-bond donors (Lipinski definition) is 2. The monoisotopic (exact) mass is 283 g/mol. The number of carbonyl (C=O) groups excluding carboxylic acids is 1. The summed E-state index contributed by atoms with van der Waals surface area (Å²) >= 11 is 1.46. The van der Waals surface area contributed by atoms with Crippen molar-refractivity contribution < 1.29 is 9.90 Å². The van der Waals surface area contributed by atoms with E-state index in [1.165, 1.54) is 11.3 Å². The van der Waals surface area contributed by atoms with E-state index in [-0.39, 0.29) is 12.5 Å². The van der Waals surface area contributed by atoms with Gasteiger partial charge in [0.1, 0.15) is 0 Å². The number of carbonyl (C=O) groups is 1. The fourth-order valence-electron chi connectivity index (χ4n) is 2.06. The average molecular weight is 283 g/mol. The SMILES string of the molecule is O=C(Nc1ccccc1CO)c1cc2ccccc2s1. The van der Waals surface area contributed by atoms with Crippen molar-refractivity contribution in [2.24, 2.45) is 0 Å². The largest absolute Gasteiger partial charge is 0.392 e. The van der Waals surface area contributed by atoms with Crippen molar-refractivity contribution in [1.82, 2.24) is 0 Å². The molecule has 2 N–H and O–H groups in total. The highest BCUT2D eigenvalue weighted by Crippen LogP contribution is 2.26. The van der Waals surface area contributed by atoms with Crippen molar-refractivity contribution in [2.75, 3.05) is 5.32 Å². The number of anilines is 1. The van der Waals surface area contributed by atoms with Crippen molar-refractivity contribution >= 4 is 33.0 Å². The summed E-state index contributed by atoms with van der Waals surface area (Å²) in [5.41, 5.74) is 1.36. The summed E-state index contributed by atoms with van der Waals surface area (Å²) in [6.45, 7) is -0.0944. The Morgan fingerprint density at radius 2 is 1.85 bits per heavy atom. The highest BCUT2D eigenvalue weighted by atomic mass is 32.1. The lowest BCUT2D eigenvalue weighted by Crippen LogP contribution is -2.11. The topological polar surface area (TPSA) is 49.3 Å². The van der Waals surface area contributed by atoms with E-state index < -0.39 is 0 Å². The number of benzene rings is 2. The Labute approximate surface area is 120 Å². The zero-order valence-corrected chi connectivity index (χ0v) is 11.5. The maximum atomic E-state index is 12.3. The van der Waals surface area contributed by atoms with Crippen LogP contribution in [0, 0.1) is 0 Å². The van der Waals surface area contributed by atoms with E-state index in [0.717, 1.165) is 10.1 Å². The molecule has 20 heavy (non-hydrogen) atoms. The smallest absolute Gasteiger partial charge is 0.265 e. The maximum absolute atomic E-state index is 12.3. The van der Waals surface area contributed by atoms with Crippen LogP contribution in [-0.4, -0.2) is 11.0 Å². The lowest BCUT2D eigenvalue weighted by Gasteiger charge is -2.07. The number of para-hydroxylation sites is 1. The quantitative estimate of drug-likeness (QED) is 0.771. The number of aliphatic hydroxyl groups is 1. The molecule has 0 radical (unpaired) electrons. The van der Waals surface area contributed by atoms with Gasteiger partial charge in [0.15, 0.2) is 0 Å². The number of thiophene rings is 1. The molecule has 3 nitrogen and oxygen atoms in total. The van der Waals surface area contributed by atoms with Crippen LogP contribution in [0.1, 0.15) is 15.2 Å². The molecule has 0 saturated heterocycles. The van der Waals surface area contributed by atoms with E-state index in [4.69, 9.17) is 0 Å². The summed E-state index contributed by atoms with van der Waals surface area (Å²) in [4.78, 5) is 12.9. The van der Waals surface area contributed by atoms with Crippen LogP contribution in [0.3, 0.4) is 0 Å².